The Hall–Kier alpha value is -2.77. The molecule has 2 aromatic carbocycles. The Morgan fingerprint density at radius 3 is 2.70 bits per heavy atom. The lowest BCUT2D eigenvalue weighted by atomic mass is 10.0. The summed E-state index contributed by atoms with van der Waals surface area (Å²) in [7, 11) is -3.42. The second kappa shape index (κ2) is 5.61. The first-order chi connectivity index (χ1) is 12.9. The smallest absolute Gasteiger partial charge is 0.203 e. The van der Waals surface area contributed by atoms with E-state index in [9.17, 15) is 8.42 Å². The van der Waals surface area contributed by atoms with Crippen molar-refractivity contribution < 1.29 is 8.42 Å². The van der Waals surface area contributed by atoms with Crippen LogP contribution in [0.5, 0.6) is 0 Å². The Balaban J connectivity index is 1.67. The van der Waals surface area contributed by atoms with Gasteiger partial charge in [-0.15, -0.1) is 11.3 Å². The van der Waals surface area contributed by atoms with E-state index in [0.717, 1.165) is 43.6 Å². The number of nitrogens with one attached hydrogen (secondary N) is 1. The van der Waals surface area contributed by atoms with E-state index >= 15 is 0 Å². The van der Waals surface area contributed by atoms with E-state index < -0.39 is 9.84 Å². The average molecular weight is 393 g/mol. The summed E-state index contributed by atoms with van der Waals surface area (Å²) in [4.78, 5) is 9.56. The van der Waals surface area contributed by atoms with Gasteiger partial charge in [0, 0.05) is 27.9 Å². The molecule has 5 nitrogen and oxygen atoms in total. The van der Waals surface area contributed by atoms with Crippen LogP contribution in [0.1, 0.15) is 19.4 Å². The zero-order valence-corrected chi connectivity index (χ0v) is 16.3. The molecule has 0 amide bonds. The zero-order valence-electron chi connectivity index (χ0n) is 14.6. The minimum Gasteiger partial charge on any atom is -0.355 e. The Morgan fingerprint density at radius 1 is 1.00 bits per heavy atom. The van der Waals surface area contributed by atoms with Crippen molar-refractivity contribution in [3.8, 4) is 0 Å². The van der Waals surface area contributed by atoms with Gasteiger partial charge in [0.25, 0.3) is 0 Å². The molecule has 4 aromatic rings. The lowest BCUT2D eigenvalue weighted by Gasteiger charge is -2.11. The first-order valence-corrected chi connectivity index (χ1v) is 10.8. The third kappa shape index (κ3) is 2.39. The van der Waals surface area contributed by atoms with Crippen molar-refractivity contribution in [2.75, 3.05) is 5.32 Å². The van der Waals surface area contributed by atoms with Crippen LogP contribution in [-0.4, -0.2) is 18.4 Å². The maximum atomic E-state index is 12.7. The molecule has 134 valence electrons. The minimum atomic E-state index is -3.42. The van der Waals surface area contributed by atoms with Gasteiger partial charge in [-0.05, 0) is 61.4 Å². The largest absolute Gasteiger partial charge is 0.355 e. The molecule has 1 N–H and O–H groups in total. The number of hydrogen-bond acceptors (Lipinski definition) is 6. The third-order valence-corrected chi connectivity index (χ3v) is 7.92. The number of hydrogen-bond donors (Lipinski definition) is 1. The van der Waals surface area contributed by atoms with Gasteiger partial charge in [-0.3, -0.25) is 4.98 Å². The van der Waals surface area contributed by atoms with Gasteiger partial charge in [0.15, 0.2) is 0 Å². The normalized spacial score (nSPS) is 15.5. The molecule has 0 saturated heterocycles. The molecular formula is C20H15N3O2S2. The Kier molecular flexibility index (Phi) is 3.41. The van der Waals surface area contributed by atoms with Crippen LogP contribution in [0.15, 0.2) is 57.9 Å². The fraction of sp³-hybridized carbons (Fsp3) is 0.100. The molecule has 0 aliphatic carbocycles. The number of nitrogens with zero attached hydrogens (tertiary/aromatic N) is 2. The Bertz CT molecular complexity index is 1390. The lowest BCUT2D eigenvalue weighted by molar-refractivity contribution is 0.603. The van der Waals surface area contributed by atoms with E-state index in [-0.39, 0.29) is 0 Å². The van der Waals surface area contributed by atoms with Crippen molar-refractivity contribution in [2.45, 2.75) is 18.7 Å². The topological polar surface area (TPSA) is 72.0 Å². The van der Waals surface area contributed by atoms with Gasteiger partial charge in [0.05, 0.1) is 26.1 Å². The molecule has 2 aromatic heterocycles. The number of benzene rings is 2. The molecular weight excluding hydrogens is 378 g/mol. The second-order valence-electron chi connectivity index (χ2n) is 6.57. The minimum absolute atomic E-state index is 0.357. The molecule has 7 heteroatoms. The number of thiazole rings is 1. The highest BCUT2D eigenvalue weighted by atomic mass is 32.2. The van der Waals surface area contributed by atoms with Gasteiger partial charge in [0.1, 0.15) is 0 Å². The van der Waals surface area contributed by atoms with Gasteiger partial charge < -0.3 is 5.32 Å². The average Bonchev–Trinajstić information content (AvgIpc) is 3.19. The van der Waals surface area contributed by atoms with E-state index in [0.29, 0.717) is 9.80 Å². The number of fused-ring (bicyclic) bond motifs is 3. The molecule has 0 unspecified atom stereocenters. The summed E-state index contributed by atoms with van der Waals surface area (Å²) in [6.07, 6.45) is 1.73. The number of sulfone groups is 1. The van der Waals surface area contributed by atoms with Crippen LogP contribution in [0, 0.1) is 0 Å². The molecule has 0 saturated carbocycles. The van der Waals surface area contributed by atoms with E-state index in [2.05, 4.69) is 15.3 Å². The van der Waals surface area contributed by atoms with Gasteiger partial charge in [-0.25, -0.2) is 13.4 Å². The number of allylic oxidation sites excluding steroid dienone is 2. The summed E-state index contributed by atoms with van der Waals surface area (Å²) in [6.45, 7) is 3.50. The second-order valence-corrected chi connectivity index (χ2v) is 9.51. The first kappa shape index (κ1) is 16.4. The highest BCUT2D eigenvalue weighted by Gasteiger charge is 2.31. The highest BCUT2D eigenvalue weighted by Crippen LogP contribution is 2.41. The predicted molar refractivity (Wildman–Crippen MR) is 110 cm³/mol. The molecule has 0 bridgehead atoms. The van der Waals surface area contributed by atoms with Crippen molar-refractivity contribution in [3.05, 3.63) is 58.6 Å². The molecule has 1 aliphatic heterocycles. The summed E-state index contributed by atoms with van der Waals surface area (Å²) in [5.41, 5.74) is 6.77. The molecule has 0 radical (unpaired) electrons. The van der Waals surface area contributed by atoms with Crippen LogP contribution >= 0.6 is 11.3 Å². The first-order valence-electron chi connectivity index (χ1n) is 8.41. The van der Waals surface area contributed by atoms with Crippen molar-refractivity contribution in [2.24, 2.45) is 0 Å². The SMILES string of the molecule is CC1=C(C)S(=O)(=O)c2cc3c(Nc4ccc5scnc5c4)ccnc3cc21. The Morgan fingerprint density at radius 2 is 1.85 bits per heavy atom. The van der Waals surface area contributed by atoms with Crippen molar-refractivity contribution in [1.29, 1.82) is 0 Å². The Labute approximate surface area is 160 Å². The standard InChI is InChI=1S/C20H15N3O2S2/c1-11-12(2)27(24,25)20-9-15-16(5-6-21-17(15)8-14(11)20)23-13-3-4-19-18(7-13)22-10-26-19/h3-10H,1-2H3,(H,21,23). The molecule has 0 spiro atoms. The van der Waals surface area contributed by atoms with Crippen LogP contribution < -0.4 is 5.32 Å². The van der Waals surface area contributed by atoms with Crippen LogP contribution in [0.3, 0.4) is 0 Å². The van der Waals surface area contributed by atoms with Crippen LogP contribution in [0.4, 0.5) is 11.4 Å². The predicted octanol–water partition coefficient (Wildman–Crippen LogP) is 5.13. The van der Waals surface area contributed by atoms with Crippen molar-refractivity contribution in [1.82, 2.24) is 9.97 Å². The molecule has 3 heterocycles. The van der Waals surface area contributed by atoms with E-state index in [1.807, 2.05) is 42.8 Å². The fourth-order valence-corrected chi connectivity index (χ4v) is 5.72. The molecule has 0 atom stereocenters. The number of rotatable bonds is 2. The third-order valence-electron chi connectivity index (χ3n) is 5.08. The highest BCUT2D eigenvalue weighted by molar-refractivity contribution is 7.95. The van der Waals surface area contributed by atoms with Crippen LogP contribution in [0.2, 0.25) is 0 Å². The van der Waals surface area contributed by atoms with E-state index in [1.54, 1.807) is 30.5 Å². The molecule has 0 fully saturated rings. The summed E-state index contributed by atoms with van der Waals surface area (Å²) in [6, 6.07) is 11.5. The van der Waals surface area contributed by atoms with Crippen LogP contribution in [-0.2, 0) is 9.84 Å². The number of pyridine rings is 1. The van der Waals surface area contributed by atoms with Gasteiger partial charge in [-0.1, -0.05) is 0 Å². The number of anilines is 2. The fourth-order valence-electron chi connectivity index (χ4n) is 3.44. The summed E-state index contributed by atoms with van der Waals surface area (Å²) >= 11 is 1.60. The van der Waals surface area contributed by atoms with Crippen molar-refractivity contribution >= 4 is 59.2 Å². The van der Waals surface area contributed by atoms with Gasteiger partial charge in [-0.2, -0.15) is 0 Å². The summed E-state index contributed by atoms with van der Waals surface area (Å²) < 4.78 is 26.6. The molecule has 5 rings (SSSR count). The zero-order chi connectivity index (χ0) is 18.8. The summed E-state index contributed by atoms with van der Waals surface area (Å²) in [5, 5.41) is 4.16. The lowest BCUT2D eigenvalue weighted by Crippen LogP contribution is -1.99. The summed E-state index contributed by atoms with van der Waals surface area (Å²) in [5.74, 6) is 0. The molecule has 1 aliphatic rings. The van der Waals surface area contributed by atoms with Gasteiger partial charge in [0.2, 0.25) is 9.84 Å². The monoisotopic (exact) mass is 393 g/mol. The number of aromatic nitrogens is 2. The van der Waals surface area contributed by atoms with E-state index in [4.69, 9.17) is 0 Å². The molecule has 27 heavy (non-hydrogen) atoms. The maximum Gasteiger partial charge on any atom is 0.203 e. The van der Waals surface area contributed by atoms with Gasteiger partial charge >= 0.3 is 0 Å². The van der Waals surface area contributed by atoms with Crippen LogP contribution in [0.25, 0.3) is 26.7 Å². The maximum absolute atomic E-state index is 12.7. The van der Waals surface area contributed by atoms with Crippen molar-refractivity contribution in [3.63, 3.8) is 0 Å². The van der Waals surface area contributed by atoms with E-state index in [1.165, 1.54) is 0 Å². The quantitative estimate of drug-likeness (QED) is 0.511.